The number of rotatable bonds is 4. The van der Waals surface area contributed by atoms with Crippen LogP contribution in [0.25, 0.3) is 0 Å². The Balaban J connectivity index is 1.65. The highest BCUT2D eigenvalue weighted by molar-refractivity contribution is 5.93. The van der Waals surface area contributed by atoms with E-state index >= 15 is 0 Å². The summed E-state index contributed by atoms with van der Waals surface area (Å²) in [6, 6.07) is 9.85. The number of amides is 1. The minimum absolute atomic E-state index is 0.0298. The molecule has 1 aliphatic rings. The molecule has 3 rings (SSSR count). The quantitative estimate of drug-likeness (QED) is 0.943. The van der Waals surface area contributed by atoms with E-state index in [2.05, 4.69) is 33.2 Å². The third kappa shape index (κ3) is 3.86. The molecule has 5 nitrogen and oxygen atoms in total. The normalized spacial score (nSPS) is 17.8. The second kappa shape index (κ2) is 7.22. The van der Waals surface area contributed by atoms with Crippen LogP contribution in [0.5, 0.6) is 0 Å². The number of aryl methyl sites for hydroxylation is 1. The van der Waals surface area contributed by atoms with Gasteiger partial charge in [0.2, 0.25) is 11.9 Å². The van der Waals surface area contributed by atoms with Crippen molar-refractivity contribution >= 4 is 17.5 Å². The summed E-state index contributed by atoms with van der Waals surface area (Å²) < 4.78 is 0. The molecule has 1 fully saturated rings. The summed E-state index contributed by atoms with van der Waals surface area (Å²) in [7, 11) is 0. The largest absolute Gasteiger partial charge is 0.340 e. The zero-order valence-corrected chi connectivity index (χ0v) is 13.4. The Morgan fingerprint density at radius 1 is 1.30 bits per heavy atom. The molecule has 1 aliphatic heterocycles. The highest BCUT2D eigenvalue weighted by atomic mass is 16.1. The van der Waals surface area contributed by atoms with Gasteiger partial charge in [0.25, 0.3) is 0 Å². The van der Waals surface area contributed by atoms with Crippen molar-refractivity contribution in [2.75, 3.05) is 23.3 Å². The summed E-state index contributed by atoms with van der Waals surface area (Å²) in [5.41, 5.74) is 2.10. The summed E-state index contributed by atoms with van der Waals surface area (Å²) in [4.78, 5) is 23.2. The molecule has 1 amide bonds. The van der Waals surface area contributed by atoms with Gasteiger partial charge in [-0.2, -0.15) is 0 Å². The van der Waals surface area contributed by atoms with Gasteiger partial charge in [0.1, 0.15) is 0 Å². The third-order valence-corrected chi connectivity index (χ3v) is 4.23. The minimum Gasteiger partial charge on any atom is -0.340 e. The van der Waals surface area contributed by atoms with E-state index in [9.17, 15) is 4.79 Å². The van der Waals surface area contributed by atoms with Crippen LogP contribution in [-0.2, 0) is 11.2 Å². The first kappa shape index (κ1) is 15.5. The van der Waals surface area contributed by atoms with Crippen LogP contribution in [0.15, 0.2) is 42.7 Å². The molecule has 1 atom stereocenters. The van der Waals surface area contributed by atoms with E-state index in [-0.39, 0.29) is 11.8 Å². The molecule has 0 spiro atoms. The second-order valence-electron chi connectivity index (χ2n) is 5.88. The molecule has 1 aromatic heterocycles. The lowest BCUT2D eigenvalue weighted by Crippen LogP contribution is -2.41. The maximum Gasteiger partial charge on any atom is 0.229 e. The van der Waals surface area contributed by atoms with Gasteiger partial charge in [0.05, 0.1) is 5.92 Å². The summed E-state index contributed by atoms with van der Waals surface area (Å²) in [6.07, 6.45) is 6.32. The smallest absolute Gasteiger partial charge is 0.229 e. The number of hydrogen-bond acceptors (Lipinski definition) is 4. The van der Waals surface area contributed by atoms with Crippen LogP contribution >= 0.6 is 0 Å². The Labute approximate surface area is 136 Å². The molecular weight excluding hydrogens is 288 g/mol. The lowest BCUT2D eigenvalue weighted by molar-refractivity contribution is -0.120. The number of piperidine rings is 1. The Bertz CT molecular complexity index is 659. The van der Waals surface area contributed by atoms with Crippen molar-refractivity contribution in [3.8, 4) is 0 Å². The van der Waals surface area contributed by atoms with E-state index in [0.29, 0.717) is 12.5 Å². The van der Waals surface area contributed by atoms with Gasteiger partial charge in [-0.15, -0.1) is 0 Å². The molecular formula is C18H22N4O. The van der Waals surface area contributed by atoms with Crippen molar-refractivity contribution in [1.82, 2.24) is 9.97 Å². The number of anilines is 2. The topological polar surface area (TPSA) is 58.1 Å². The highest BCUT2D eigenvalue weighted by Crippen LogP contribution is 2.22. The van der Waals surface area contributed by atoms with E-state index in [0.717, 1.165) is 31.5 Å². The van der Waals surface area contributed by atoms with Crippen LogP contribution in [0.3, 0.4) is 0 Å². The fourth-order valence-electron chi connectivity index (χ4n) is 2.94. The molecule has 120 valence electrons. The van der Waals surface area contributed by atoms with Crippen molar-refractivity contribution in [3.63, 3.8) is 0 Å². The van der Waals surface area contributed by atoms with Crippen LogP contribution in [0.2, 0.25) is 0 Å². The number of aromatic nitrogens is 2. The maximum atomic E-state index is 12.6. The molecule has 23 heavy (non-hydrogen) atoms. The first-order valence-corrected chi connectivity index (χ1v) is 8.18. The molecule has 2 heterocycles. The van der Waals surface area contributed by atoms with Crippen LogP contribution in [0, 0.1) is 5.92 Å². The van der Waals surface area contributed by atoms with Crippen LogP contribution in [0.4, 0.5) is 11.6 Å². The fourth-order valence-corrected chi connectivity index (χ4v) is 2.94. The second-order valence-corrected chi connectivity index (χ2v) is 5.88. The van der Waals surface area contributed by atoms with Crippen LogP contribution in [0.1, 0.15) is 25.3 Å². The van der Waals surface area contributed by atoms with Gasteiger partial charge in [-0.25, -0.2) is 9.97 Å². The number of nitrogens with one attached hydrogen (secondary N) is 1. The minimum atomic E-state index is -0.0298. The predicted octanol–water partition coefficient (Wildman–Crippen LogP) is 2.89. The average molecular weight is 310 g/mol. The molecule has 0 radical (unpaired) electrons. The molecule has 1 N–H and O–H groups in total. The van der Waals surface area contributed by atoms with E-state index in [1.54, 1.807) is 18.5 Å². The average Bonchev–Trinajstić information content (AvgIpc) is 2.63. The van der Waals surface area contributed by atoms with Gasteiger partial charge in [0, 0.05) is 31.2 Å². The van der Waals surface area contributed by atoms with Crippen molar-refractivity contribution < 1.29 is 4.79 Å². The first-order valence-electron chi connectivity index (χ1n) is 8.18. The van der Waals surface area contributed by atoms with Gasteiger partial charge >= 0.3 is 0 Å². The lowest BCUT2D eigenvalue weighted by atomic mass is 9.97. The van der Waals surface area contributed by atoms with E-state index in [4.69, 9.17) is 0 Å². The third-order valence-electron chi connectivity index (χ3n) is 4.23. The molecule has 2 aromatic rings. The number of carbonyl (C=O) groups is 1. The molecule has 0 bridgehead atoms. The Morgan fingerprint density at radius 2 is 2.13 bits per heavy atom. The van der Waals surface area contributed by atoms with Crippen molar-refractivity contribution in [2.24, 2.45) is 5.92 Å². The molecule has 5 heteroatoms. The van der Waals surface area contributed by atoms with Crippen LogP contribution < -0.4 is 10.2 Å². The molecule has 1 saturated heterocycles. The summed E-state index contributed by atoms with van der Waals surface area (Å²) >= 11 is 0. The van der Waals surface area contributed by atoms with Gasteiger partial charge in [-0.1, -0.05) is 19.1 Å². The molecule has 1 aromatic carbocycles. The molecule has 0 unspecified atom stereocenters. The maximum absolute atomic E-state index is 12.6. The molecule has 0 aliphatic carbocycles. The number of benzene rings is 1. The zero-order valence-electron chi connectivity index (χ0n) is 13.4. The Hall–Kier alpha value is -2.43. The summed E-state index contributed by atoms with van der Waals surface area (Å²) in [6.45, 7) is 3.68. The number of carbonyl (C=O) groups excluding carboxylic acids is 1. The highest BCUT2D eigenvalue weighted by Gasteiger charge is 2.27. The van der Waals surface area contributed by atoms with E-state index in [1.807, 2.05) is 18.2 Å². The fraction of sp³-hybridized carbons (Fsp3) is 0.389. The van der Waals surface area contributed by atoms with Crippen LogP contribution in [-0.4, -0.2) is 29.0 Å². The number of nitrogens with zero attached hydrogens (tertiary/aromatic N) is 3. The van der Waals surface area contributed by atoms with Gasteiger partial charge in [-0.05, 0) is 43.0 Å². The first-order chi connectivity index (χ1) is 11.3. The van der Waals surface area contributed by atoms with E-state index < -0.39 is 0 Å². The predicted molar refractivity (Wildman–Crippen MR) is 91.4 cm³/mol. The summed E-state index contributed by atoms with van der Waals surface area (Å²) in [5.74, 6) is 0.759. The Kier molecular flexibility index (Phi) is 4.86. The van der Waals surface area contributed by atoms with Gasteiger partial charge < -0.3 is 10.2 Å². The van der Waals surface area contributed by atoms with Crippen molar-refractivity contribution in [1.29, 1.82) is 0 Å². The number of hydrogen-bond donors (Lipinski definition) is 1. The van der Waals surface area contributed by atoms with E-state index in [1.165, 1.54) is 5.56 Å². The molecule has 0 saturated carbocycles. The zero-order chi connectivity index (χ0) is 16.1. The van der Waals surface area contributed by atoms with Crippen molar-refractivity contribution in [3.05, 3.63) is 48.3 Å². The Morgan fingerprint density at radius 3 is 2.91 bits per heavy atom. The van der Waals surface area contributed by atoms with Crippen molar-refractivity contribution in [2.45, 2.75) is 26.2 Å². The monoisotopic (exact) mass is 310 g/mol. The lowest BCUT2D eigenvalue weighted by Gasteiger charge is -2.31. The SMILES string of the molecule is CCc1cccc(NC(=O)[C@H]2CCCN(c3ncccn3)C2)c1. The standard InChI is InChI=1S/C18H22N4O/c1-2-14-6-3-8-16(12-14)21-17(23)15-7-4-11-22(13-15)18-19-9-5-10-20-18/h3,5-6,8-10,12,15H,2,4,7,11,13H2,1H3,(H,21,23)/t15-/m0/s1. The summed E-state index contributed by atoms with van der Waals surface area (Å²) in [5, 5.41) is 3.05. The van der Waals surface area contributed by atoms with Gasteiger partial charge in [0.15, 0.2) is 0 Å². The van der Waals surface area contributed by atoms with Gasteiger partial charge in [-0.3, -0.25) is 4.79 Å².